The second-order valence-electron chi connectivity index (χ2n) is 6.15. The molecule has 5 heteroatoms. The average Bonchev–Trinajstić information content (AvgIpc) is 3.16. The van der Waals surface area contributed by atoms with E-state index in [1.165, 1.54) is 0 Å². The fraction of sp³-hybridized carbons (Fsp3) is 0.300. The SMILES string of the molecule is O=C(/C=C\c1ccccn1)N1CCC[C@@H]1c1cccc2c1OCCO2. The van der Waals surface area contributed by atoms with Gasteiger partial charge in [0.05, 0.1) is 11.7 Å². The zero-order valence-corrected chi connectivity index (χ0v) is 13.9. The highest BCUT2D eigenvalue weighted by molar-refractivity contribution is 5.92. The van der Waals surface area contributed by atoms with Crippen LogP contribution in [0.5, 0.6) is 11.5 Å². The van der Waals surface area contributed by atoms with E-state index in [0.717, 1.165) is 42.1 Å². The molecule has 1 saturated heterocycles. The molecule has 1 atom stereocenters. The molecule has 0 unspecified atom stereocenters. The zero-order valence-electron chi connectivity index (χ0n) is 13.9. The molecule has 3 heterocycles. The van der Waals surface area contributed by atoms with E-state index in [9.17, 15) is 4.79 Å². The molecule has 4 rings (SSSR count). The van der Waals surface area contributed by atoms with E-state index < -0.39 is 0 Å². The first kappa shape index (κ1) is 15.7. The van der Waals surface area contributed by atoms with Gasteiger partial charge >= 0.3 is 0 Å². The van der Waals surface area contributed by atoms with Gasteiger partial charge in [-0.25, -0.2) is 0 Å². The van der Waals surface area contributed by atoms with E-state index in [1.54, 1.807) is 18.3 Å². The largest absolute Gasteiger partial charge is 0.486 e. The van der Waals surface area contributed by atoms with Gasteiger partial charge in [-0.15, -0.1) is 0 Å². The average molecular weight is 336 g/mol. The molecule has 2 aromatic rings. The standard InChI is InChI=1S/C20H20N2O3/c23-19(10-9-15-5-1-2-11-21-15)22-12-4-7-17(22)16-6-3-8-18-20(16)25-14-13-24-18/h1-3,5-6,8-11,17H,4,7,12-14H2/b10-9-/t17-/m1/s1. The summed E-state index contributed by atoms with van der Waals surface area (Å²) in [4.78, 5) is 18.8. The molecule has 128 valence electrons. The number of hydrogen-bond donors (Lipinski definition) is 0. The van der Waals surface area contributed by atoms with Gasteiger partial charge in [-0.3, -0.25) is 9.78 Å². The van der Waals surface area contributed by atoms with Crippen molar-refractivity contribution in [3.05, 3.63) is 59.9 Å². The molecule has 0 saturated carbocycles. The number of para-hydroxylation sites is 1. The van der Waals surface area contributed by atoms with Gasteiger partial charge in [0, 0.05) is 24.4 Å². The summed E-state index contributed by atoms with van der Waals surface area (Å²) >= 11 is 0. The van der Waals surface area contributed by atoms with Crippen molar-refractivity contribution >= 4 is 12.0 Å². The second kappa shape index (κ2) is 6.97. The van der Waals surface area contributed by atoms with Crippen LogP contribution in [0.4, 0.5) is 0 Å². The maximum absolute atomic E-state index is 12.7. The molecule has 25 heavy (non-hydrogen) atoms. The maximum atomic E-state index is 12.7. The molecule has 0 aliphatic carbocycles. The summed E-state index contributed by atoms with van der Waals surface area (Å²) in [6, 6.07) is 11.6. The van der Waals surface area contributed by atoms with Crippen molar-refractivity contribution in [3.8, 4) is 11.5 Å². The van der Waals surface area contributed by atoms with Crippen LogP contribution < -0.4 is 9.47 Å². The van der Waals surface area contributed by atoms with E-state index in [-0.39, 0.29) is 11.9 Å². The minimum atomic E-state index is 0.00230. The number of hydrogen-bond acceptors (Lipinski definition) is 4. The Balaban J connectivity index is 1.57. The van der Waals surface area contributed by atoms with Crippen LogP contribution in [-0.4, -0.2) is 35.5 Å². The molecule has 2 aliphatic heterocycles. The van der Waals surface area contributed by atoms with Gasteiger partial charge in [0.2, 0.25) is 5.91 Å². The summed E-state index contributed by atoms with van der Waals surface area (Å²) in [7, 11) is 0. The predicted octanol–water partition coefficient (Wildman–Crippen LogP) is 3.23. The molecule has 1 aromatic heterocycles. The summed E-state index contributed by atoms with van der Waals surface area (Å²) < 4.78 is 11.5. The van der Waals surface area contributed by atoms with Crippen molar-refractivity contribution in [3.63, 3.8) is 0 Å². The van der Waals surface area contributed by atoms with Crippen LogP contribution >= 0.6 is 0 Å². The normalized spacial score (nSPS) is 19.4. The quantitative estimate of drug-likeness (QED) is 0.808. The molecular formula is C20H20N2O3. The van der Waals surface area contributed by atoms with E-state index in [1.807, 2.05) is 41.3 Å². The Kier molecular flexibility index (Phi) is 4.37. The zero-order chi connectivity index (χ0) is 17.1. The smallest absolute Gasteiger partial charge is 0.247 e. The van der Waals surface area contributed by atoms with Crippen molar-refractivity contribution in [2.24, 2.45) is 0 Å². The summed E-state index contributed by atoms with van der Waals surface area (Å²) in [6.07, 6.45) is 7.00. The third-order valence-electron chi connectivity index (χ3n) is 4.58. The lowest BCUT2D eigenvalue weighted by atomic mass is 10.0. The lowest BCUT2D eigenvalue weighted by Crippen LogP contribution is -2.29. The van der Waals surface area contributed by atoms with Gasteiger partial charge in [-0.2, -0.15) is 0 Å². The van der Waals surface area contributed by atoms with Crippen molar-refractivity contribution in [1.82, 2.24) is 9.88 Å². The van der Waals surface area contributed by atoms with Gasteiger partial charge in [-0.1, -0.05) is 18.2 Å². The van der Waals surface area contributed by atoms with Crippen molar-refractivity contribution in [2.75, 3.05) is 19.8 Å². The lowest BCUT2D eigenvalue weighted by Gasteiger charge is -2.28. The Labute approximate surface area is 146 Å². The third-order valence-corrected chi connectivity index (χ3v) is 4.58. The number of amides is 1. The molecule has 1 fully saturated rings. The Morgan fingerprint density at radius 3 is 2.96 bits per heavy atom. The maximum Gasteiger partial charge on any atom is 0.247 e. The van der Waals surface area contributed by atoms with Crippen LogP contribution in [0, 0.1) is 0 Å². The first-order chi connectivity index (χ1) is 12.3. The van der Waals surface area contributed by atoms with Gasteiger partial charge < -0.3 is 14.4 Å². The number of carbonyl (C=O) groups excluding carboxylic acids is 1. The van der Waals surface area contributed by atoms with Gasteiger partial charge in [0.15, 0.2) is 11.5 Å². The first-order valence-corrected chi connectivity index (χ1v) is 8.61. The van der Waals surface area contributed by atoms with Crippen molar-refractivity contribution in [2.45, 2.75) is 18.9 Å². The fourth-order valence-electron chi connectivity index (χ4n) is 3.44. The topological polar surface area (TPSA) is 51.7 Å². The fourth-order valence-corrected chi connectivity index (χ4v) is 3.44. The molecule has 1 amide bonds. The van der Waals surface area contributed by atoms with E-state index in [0.29, 0.717) is 13.2 Å². The van der Waals surface area contributed by atoms with Gasteiger partial charge in [0.1, 0.15) is 13.2 Å². The highest BCUT2D eigenvalue weighted by Crippen LogP contribution is 2.42. The molecule has 1 aromatic carbocycles. The predicted molar refractivity (Wildman–Crippen MR) is 94.4 cm³/mol. The number of pyridine rings is 1. The Bertz CT molecular complexity index is 789. The summed E-state index contributed by atoms with van der Waals surface area (Å²) in [6.45, 7) is 1.86. The van der Waals surface area contributed by atoms with Gasteiger partial charge in [-0.05, 0) is 37.1 Å². The first-order valence-electron chi connectivity index (χ1n) is 8.61. The van der Waals surface area contributed by atoms with Gasteiger partial charge in [0.25, 0.3) is 0 Å². The van der Waals surface area contributed by atoms with Crippen LogP contribution in [0.3, 0.4) is 0 Å². The third kappa shape index (κ3) is 3.22. The number of benzene rings is 1. The molecule has 0 bridgehead atoms. The summed E-state index contributed by atoms with van der Waals surface area (Å²) in [5.74, 6) is 1.56. The molecule has 5 nitrogen and oxygen atoms in total. The summed E-state index contributed by atoms with van der Waals surface area (Å²) in [5.41, 5.74) is 1.81. The minimum Gasteiger partial charge on any atom is -0.486 e. The van der Waals surface area contributed by atoms with Crippen LogP contribution in [0.2, 0.25) is 0 Å². The highest BCUT2D eigenvalue weighted by atomic mass is 16.6. The number of carbonyl (C=O) groups is 1. The molecule has 2 aliphatic rings. The molecule has 0 radical (unpaired) electrons. The molecule has 0 N–H and O–H groups in total. The number of rotatable bonds is 3. The van der Waals surface area contributed by atoms with E-state index in [2.05, 4.69) is 4.98 Å². The highest BCUT2D eigenvalue weighted by Gasteiger charge is 2.32. The Morgan fingerprint density at radius 2 is 2.08 bits per heavy atom. The number of ether oxygens (including phenoxy) is 2. The van der Waals surface area contributed by atoms with Crippen molar-refractivity contribution in [1.29, 1.82) is 0 Å². The molecular weight excluding hydrogens is 316 g/mol. The van der Waals surface area contributed by atoms with E-state index >= 15 is 0 Å². The van der Waals surface area contributed by atoms with Crippen LogP contribution in [0.25, 0.3) is 6.08 Å². The van der Waals surface area contributed by atoms with Crippen molar-refractivity contribution < 1.29 is 14.3 Å². The number of aromatic nitrogens is 1. The van der Waals surface area contributed by atoms with Crippen LogP contribution in [-0.2, 0) is 4.79 Å². The Hall–Kier alpha value is -2.82. The number of fused-ring (bicyclic) bond motifs is 1. The number of likely N-dealkylation sites (tertiary alicyclic amines) is 1. The Morgan fingerprint density at radius 1 is 1.16 bits per heavy atom. The van der Waals surface area contributed by atoms with E-state index in [4.69, 9.17) is 9.47 Å². The monoisotopic (exact) mass is 336 g/mol. The van der Waals surface area contributed by atoms with Crippen LogP contribution in [0.1, 0.15) is 30.1 Å². The lowest BCUT2D eigenvalue weighted by molar-refractivity contribution is -0.126. The minimum absolute atomic E-state index is 0.00230. The number of nitrogens with zero attached hydrogens (tertiary/aromatic N) is 2. The second-order valence-corrected chi connectivity index (χ2v) is 6.15. The molecule has 0 spiro atoms. The van der Waals surface area contributed by atoms with Crippen LogP contribution in [0.15, 0.2) is 48.7 Å². The summed E-state index contributed by atoms with van der Waals surface area (Å²) in [5, 5.41) is 0.